The van der Waals surface area contributed by atoms with Crippen molar-refractivity contribution in [3.63, 3.8) is 0 Å². The molecular formula is C6H5F2NO6S. The van der Waals surface area contributed by atoms with Crippen molar-refractivity contribution in [3.05, 3.63) is 18.4 Å². The van der Waals surface area contributed by atoms with Crippen LogP contribution in [0, 0.1) is 0 Å². The monoisotopic (exact) mass is 257 g/mol. The molecule has 10 heteroatoms. The van der Waals surface area contributed by atoms with Gasteiger partial charge in [-0.15, -0.1) is 0 Å². The number of esters is 1. The Balaban J connectivity index is 2.63. The van der Waals surface area contributed by atoms with Crippen LogP contribution in [0.15, 0.2) is 17.0 Å². The standard InChI is InChI=1S/C6H5F2NO6S/c7-6(8,16(11,12)13)2-14-5(10)4-1-9-3-15-4/h1,3H,2H2,(H,11,12,13). The van der Waals surface area contributed by atoms with Gasteiger partial charge in [0.15, 0.2) is 13.0 Å². The van der Waals surface area contributed by atoms with Crippen LogP contribution in [0.5, 0.6) is 0 Å². The highest BCUT2D eigenvalue weighted by Gasteiger charge is 2.45. The average Bonchev–Trinajstić information content (AvgIpc) is 2.65. The number of hydrogen-bond acceptors (Lipinski definition) is 6. The third kappa shape index (κ3) is 2.73. The van der Waals surface area contributed by atoms with Crippen molar-refractivity contribution >= 4 is 16.1 Å². The molecule has 0 aromatic carbocycles. The van der Waals surface area contributed by atoms with Crippen LogP contribution in [-0.2, 0) is 14.9 Å². The van der Waals surface area contributed by atoms with Crippen molar-refractivity contribution in [2.75, 3.05) is 6.61 Å². The zero-order valence-electron chi connectivity index (χ0n) is 7.46. The van der Waals surface area contributed by atoms with Gasteiger partial charge in [0.1, 0.15) is 0 Å². The van der Waals surface area contributed by atoms with E-state index in [0.29, 0.717) is 0 Å². The second-order valence-corrected chi connectivity index (χ2v) is 4.10. The highest BCUT2D eigenvalue weighted by atomic mass is 32.2. The molecule has 0 aliphatic carbocycles. The number of ether oxygens (including phenoxy) is 1. The zero-order chi connectivity index (χ0) is 12.4. The number of oxazole rings is 1. The van der Waals surface area contributed by atoms with Crippen LogP contribution in [0.2, 0.25) is 0 Å². The van der Waals surface area contributed by atoms with Crippen molar-refractivity contribution in [1.29, 1.82) is 0 Å². The Morgan fingerprint density at radius 2 is 2.25 bits per heavy atom. The average molecular weight is 257 g/mol. The molecule has 1 rings (SSSR count). The van der Waals surface area contributed by atoms with Crippen LogP contribution in [0.25, 0.3) is 0 Å². The fourth-order valence-corrected chi connectivity index (χ4v) is 0.820. The lowest BCUT2D eigenvalue weighted by Crippen LogP contribution is -2.34. The quantitative estimate of drug-likeness (QED) is 0.611. The molecule has 0 radical (unpaired) electrons. The number of aromatic nitrogens is 1. The second kappa shape index (κ2) is 4.14. The molecule has 0 fully saturated rings. The van der Waals surface area contributed by atoms with E-state index in [1.54, 1.807) is 0 Å². The third-order valence-corrected chi connectivity index (χ3v) is 2.25. The lowest BCUT2D eigenvalue weighted by Gasteiger charge is -2.11. The lowest BCUT2D eigenvalue weighted by molar-refractivity contribution is -0.0114. The number of carbonyl (C=O) groups excluding carboxylic acids is 1. The van der Waals surface area contributed by atoms with Crippen LogP contribution in [-0.4, -0.2) is 35.8 Å². The van der Waals surface area contributed by atoms with E-state index in [0.717, 1.165) is 12.6 Å². The summed E-state index contributed by atoms with van der Waals surface area (Å²) in [6, 6.07) is 0. The molecule has 16 heavy (non-hydrogen) atoms. The van der Waals surface area contributed by atoms with Gasteiger partial charge in [-0.25, -0.2) is 9.78 Å². The summed E-state index contributed by atoms with van der Waals surface area (Å²) in [5, 5.41) is -4.57. The second-order valence-electron chi connectivity index (χ2n) is 2.55. The molecule has 0 atom stereocenters. The van der Waals surface area contributed by atoms with Gasteiger partial charge in [0.05, 0.1) is 6.20 Å². The summed E-state index contributed by atoms with van der Waals surface area (Å²) >= 11 is 0. The van der Waals surface area contributed by atoms with Gasteiger partial charge in [0.2, 0.25) is 5.76 Å². The molecular weight excluding hydrogens is 252 g/mol. The van der Waals surface area contributed by atoms with E-state index in [-0.39, 0.29) is 0 Å². The van der Waals surface area contributed by atoms with Crippen LogP contribution >= 0.6 is 0 Å². The van der Waals surface area contributed by atoms with E-state index in [2.05, 4.69) is 14.1 Å². The Morgan fingerprint density at radius 1 is 1.62 bits per heavy atom. The largest absolute Gasteiger partial charge is 0.452 e. The van der Waals surface area contributed by atoms with E-state index in [1.807, 2.05) is 0 Å². The van der Waals surface area contributed by atoms with Crippen molar-refractivity contribution in [2.24, 2.45) is 0 Å². The van der Waals surface area contributed by atoms with Crippen molar-refractivity contribution in [1.82, 2.24) is 4.98 Å². The summed E-state index contributed by atoms with van der Waals surface area (Å²) in [6.45, 7) is -1.81. The Kier molecular flexibility index (Phi) is 3.24. The molecule has 0 spiro atoms. The molecule has 0 saturated carbocycles. The number of alkyl halides is 2. The minimum absolute atomic E-state index is 0.467. The maximum absolute atomic E-state index is 12.6. The SMILES string of the molecule is O=C(OCC(F)(F)S(=O)(=O)O)c1cnco1. The highest BCUT2D eigenvalue weighted by molar-refractivity contribution is 7.86. The molecule has 90 valence electrons. The Labute approximate surface area is 87.8 Å². The molecule has 0 amide bonds. The van der Waals surface area contributed by atoms with Gasteiger partial charge in [-0.1, -0.05) is 0 Å². The van der Waals surface area contributed by atoms with Crippen molar-refractivity contribution in [3.8, 4) is 0 Å². The molecule has 0 bridgehead atoms. The number of carbonyl (C=O) groups is 1. The Morgan fingerprint density at radius 3 is 2.69 bits per heavy atom. The number of halogens is 2. The molecule has 0 unspecified atom stereocenters. The fourth-order valence-electron chi connectivity index (χ4n) is 0.612. The Bertz CT molecular complexity index is 467. The first-order chi connectivity index (χ1) is 7.24. The fraction of sp³-hybridized carbons (Fsp3) is 0.333. The highest BCUT2D eigenvalue weighted by Crippen LogP contribution is 2.21. The van der Waals surface area contributed by atoms with E-state index in [1.165, 1.54) is 0 Å². The topological polar surface area (TPSA) is 107 Å². The number of hydrogen-bond donors (Lipinski definition) is 1. The minimum atomic E-state index is -5.62. The van der Waals surface area contributed by atoms with Gasteiger partial charge in [0, 0.05) is 0 Å². The van der Waals surface area contributed by atoms with Crippen LogP contribution in [0.4, 0.5) is 8.78 Å². The van der Waals surface area contributed by atoms with Gasteiger partial charge in [-0.2, -0.15) is 17.2 Å². The van der Waals surface area contributed by atoms with Gasteiger partial charge in [-0.3, -0.25) is 4.55 Å². The molecule has 0 saturated heterocycles. The summed E-state index contributed by atoms with van der Waals surface area (Å²) in [5.41, 5.74) is 0. The smallest absolute Gasteiger partial charge is 0.402 e. The Hall–Kier alpha value is -1.55. The van der Waals surface area contributed by atoms with Gasteiger partial charge in [0.25, 0.3) is 0 Å². The van der Waals surface area contributed by atoms with Gasteiger partial charge >= 0.3 is 21.3 Å². The third-order valence-electron chi connectivity index (χ3n) is 1.38. The maximum atomic E-state index is 12.6. The zero-order valence-corrected chi connectivity index (χ0v) is 8.28. The first-order valence-electron chi connectivity index (χ1n) is 3.64. The van der Waals surface area contributed by atoms with E-state index in [4.69, 9.17) is 4.55 Å². The normalized spacial score (nSPS) is 12.4. The summed E-state index contributed by atoms with van der Waals surface area (Å²) < 4.78 is 61.8. The maximum Gasteiger partial charge on any atom is 0.402 e. The van der Waals surface area contributed by atoms with Gasteiger partial charge < -0.3 is 9.15 Å². The van der Waals surface area contributed by atoms with Crippen LogP contribution in [0.3, 0.4) is 0 Å². The summed E-state index contributed by atoms with van der Waals surface area (Å²) in [7, 11) is -5.62. The first kappa shape index (κ1) is 12.5. The number of nitrogens with zero attached hydrogens (tertiary/aromatic N) is 1. The predicted molar refractivity (Wildman–Crippen MR) is 43.3 cm³/mol. The van der Waals surface area contributed by atoms with Crippen LogP contribution in [0.1, 0.15) is 10.6 Å². The molecule has 7 nitrogen and oxygen atoms in total. The molecule has 1 N–H and O–H groups in total. The predicted octanol–water partition coefficient (Wildman–Crippen LogP) is 0.312. The summed E-state index contributed by atoms with van der Waals surface area (Å²) in [5.74, 6) is -1.79. The molecule has 1 heterocycles. The lowest BCUT2D eigenvalue weighted by atomic mass is 10.5. The van der Waals surface area contributed by atoms with E-state index >= 15 is 0 Å². The molecule has 1 aromatic rings. The summed E-state index contributed by atoms with van der Waals surface area (Å²) in [6.07, 6.45) is 1.76. The first-order valence-corrected chi connectivity index (χ1v) is 5.08. The number of rotatable bonds is 4. The van der Waals surface area contributed by atoms with E-state index in [9.17, 15) is 22.0 Å². The molecule has 0 aliphatic rings. The minimum Gasteiger partial charge on any atom is -0.452 e. The van der Waals surface area contributed by atoms with Gasteiger partial charge in [-0.05, 0) is 0 Å². The van der Waals surface area contributed by atoms with Crippen molar-refractivity contribution in [2.45, 2.75) is 5.25 Å². The van der Waals surface area contributed by atoms with Crippen molar-refractivity contribution < 1.29 is 35.7 Å². The molecule has 1 aromatic heterocycles. The van der Waals surface area contributed by atoms with E-state index < -0.39 is 33.7 Å². The van der Waals surface area contributed by atoms with Crippen LogP contribution < -0.4 is 0 Å². The molecule has 0 aliphatic heterocycles. The summed E-state index contributed by atoms with van der Waals surface area (Å²) in [4.78, 5) is 14.2.